The van der Waals surface area contributed by atoms with Gasteiger partial charge in [-0.1, -0.05) is 13.8 Å². The third-order valence-corrected chi connectivity index (χ3v) is 4.87. The molecule has 2 saturated heterocycles. The van der Waals surface area contributed by atoms with Gasteiger partial charge in [0.2, 0.25) is 11.8 Å². The number of carbonyl (C=O) groups is 2. The highest BCUT2D eigenvalue weighted by molar-refractivity contribution is 5.85. The molecule has 0 aromatic carbocycles. The zero-order valence-electron chi connectivity index (χ0n) is 14.5. The monoisotopic (exact) mass is 345 g/mol. The van der Waals surface area contributed by atoms with E-state index in [4.69, 9.17) is 0 Å². The van der Waals surface area contributed by atoms with Gasteiger partial charge in [0, 0.05) is 31.5 Å². The van der Waals surface area contributed by atoms with Gasteiger partial charge in [-0.3, -0.25) is 9.59 Å². The molecule has 2 N–H and O–H groups in total. The number of hydrogen-bond acceptors (Lipinski definition) is 3. The van der Waals surface area contributed by atoms with Crippen LogP contribution in [0.1, 0.15) is 52.4 Å². The first-order chi connectivity index (χ1) is 10.6. The molecular weight excluding hydrogens is 314 g/mol. The summed E-state index contributed by atoms with van der Waals surface area (Å²) in [4.78, 5) is 26.2. The summed E-state index contributed by atoms with van der Waals surface area (Å²) < 4.78 is 0. The molecule has 5 nitrogen and oxygen atoms in total. The van der Waals surface area contributed by atoms with Crippen molar-refractivity contribution in [3.8, 4) is 0 Å². The SMILES string of the molecule is CC(C)C(=O)NC1CCCN(C(=O)CCC2CCNCC2)C1.Cl. The normalized spacial score (nSPS) is 22.6. The van der Waals surface area contributed by atoms with Crippen molar-refractivity contribution in [2.24, 2.45) is 11.8 Å². The maximum atomic E-state index is 12.4. The van der Waals surface area contributed by atoms with Crippen LogP contribution in [0.4, 0.5) is 0 Å². The minimum Gasteiger partial charge on any atom is -0.351 e. The van der Waals surface area contributed by atoms with Crippen LogP contribution in [0.25, 0.3) is 0 Å². The molecule has 134 valence electrons. The maximum absolute atomic E-state index is 12.4. The number of nitrogens with one attached hydrogen (secondary N) is 2. The van der Waals surface area contributed by atoms with Crippen LogP contribution in [0.15, 0.2) is 0 Å². The molecule has 2 heterocycles. The highest BCUT2D eigenvalue weighted by Gasteiger charge is 2.25. The van der Waals surface area contributed by atoms with Gasteiger partial charge in [-0.25, -0.2) is 0 Å². The second-order valence-electron chi connectivity index (χ2n) is 7.07. The van der Waals surface area contributed by atoms with Crippen LogP contribution in [0.2, 0.25) is 0 Å². The van der Waals surface area contributed by atoms with Gasteiger partial charge in [-0.15, -0.1) is 12.4 Å². The highest BCUT2D eigenvalue weighted by Crippen LogP contribution is 2.19. The number of nitrogens with zero attached hydrogens (tertiary/aromatic N) is 1. The molecule has 23 heavy (non-hydrogen) atoms. The molecule has 0 spiro atoms. The van der Waals surface area contributed by atoms with Gasteiger partial charge < -0.3 is 15.5 Å². The molecule has 2 rings (SSSR count). The van der Waals surface area contributed by atoms with Gasteiger partial charge in [0.25, 0.3) is 0 Å². The van der Waals surface area contributed by atoms with E-state index in [-0.39, 0.29) is 36.2 Å². The van der Waals surface area contributed by atoms with Crippen LogP contribution in [-0.4, -0.2) is 48.9 Å². The van der Waals surface area contributed by atoms with Crippen LogP contribution in [0.3, 0.4) is 0 Å². The van der Waals surface area contributed by atoms with E-state index >= 15 is 0 Å². The molecule has 2 amide bonds. The quantitative estimate of drug-likeness (QED) is 0.800. The minimum atomic E-state index is 0. The third kappa shape index (κ3) is 6.68. The Kier molecular flexibility index (Phi) is 8.92. The Bertz CT molecular complexity index is 384. The Morgan fingerprint density at radius 2 is 1.91 bits per heavy atom. The number of piperidine rings is 2. The number of carbonyl (C=O) groups excluding carboxylic acids is 2. The predicted octanol–water partition coefficient (Wildman–Crippen LogP) is 1.95. The van der Waals surface area contributed by atoms with Crippen molar-refractivity contribution in [3.05, 3.63) is 0 Å². The average molecular weight is 346 g/mol. The molecule has 0 bridgehead atoms. The summed E-state index contributed by atoms with van der Waals surface area (Å²) in [6.07, 6.45) is 6.04. The second-order valence-corrected chi connectivity index (χ2v) is 7.07. The van der Waals surface area contributed by atoms with Crippen LogP contribution < -0.4 is 10.6 Å². The van der Waals surface area contributed by atoms with E-state index in [1.54, 1.807) is 0 Å². The van der Waals surface area contributed by atoms with E-state index in [2.05, 4.69) is 10.6 Å². The summed E-state index contributed by atoms with van der Waals surface area (Å²) in [6, 6.07) is 0.131. The fourth-order valence-corrected chi connectivity index (χ4v) is 3.35. The van der Waals surface area contributed by atoms with Crippen molar-refractivity contribution >= 4 is 24.2 Å². The number of hydrogen-bond donors (Lipinski definition) is 2. The van der Waals surface area contributed by atoms with E-state index in [9.17, 15) is 9.59 Å². The predicted molar refractivity (Wildman–Crippen MR) is 94.7 cm³/mol. The first kappa shape index (κ1) is 20.2. The lowest BCUT2D eigenvalue weighted by Crippen LogP contribution is -2.50. The van der Waals surface area contributed by atoms with Gasteiger partial charge >= 0.3 is 0 Å². The summed E-state index contributed by atoms with van der Waals surface area (Å²) >= 11 is 0. The molecule has 2 aliphatic heterocycles. The van der Waals surface area contributed by atoms with Crippen molar-refractivity contribution in [2.75, 3.05) is 26.2 Å². The zero-order chi connectivity index (χ0) is 15.9. The van der Waals surface area contributed by atoms with E-state index in [0.29, 0.717) is 18.9 Å². The standard InChI is InChI=1S/C17H31N3O2.ClH/c1-13(2)17(22)19-15-4-3-11-20(12-15)16(21)6-5-14-7-9-18-10-8-14;/h13-15,18H,3-12H2,1-2H3,(H,19,22);1H. The Morgan fingerprint density at radius 3 is 2.57 bits per heavy atom. The van der Waals surface area contributed by atoms with Crippen molar-refractivity contribution in [1.29, 1.82) is 0 Å². The molecule has 2 aliphatic rings. The summed E-state index contributed by atoms with van der Waals surface area (Å²) in [5, 5.41) is 6.43. The summed E-state index contributed by atoms with van der Waals surface area (Å²) in [5.41, 5.74) is 0. The molecule has 0 aromatic heterocycles. The number of halogens is 1. The molecule has 1 atom stereocenters. The first-order valence-corrected chi connectivity index (χ1v) is 8.85. The lowest BCUT2D eigenvalue weighted by atomic mass is 9.92. The van der Waals surface area contributed by atoms with Gasteiger partial charge in [-0.05, 0) is 51.1 Å². The zero-order valence-corrected chi connectivity index (χ0v) is 15.3. The Morgan fingerprint density at radius 1 is 1.22 bits per heavy atom. The topological polar surface area (TPSA) is 61.4 Å². The highest BCUT2D eigenvalue weighted by atomic mass is 35.5. The van der Waals surface area contributed by atoms with Crippen LogP contribution in [-0.2, 0) is 9.59 Å². The molecule has 0 radical (unpaired) electrons. The van der Waals surface area contributed by atoms with Crippen LogP contribution in [0, 0.1) is 11.8 Å². The van der Waals surface area contributed by atoms with Gasteiger partial charge in [0.05, 0.1) is 0 Å². The fraction of sp³-hybridized carbons (Fsp3) is 0.882. The van der Waals surface area contributed by atoms with E-state index < -0.39 is 0 Å². The van der Waals surface area contributed by atoms with Crippen LogP contribution in [0.5, 0.6) is 0 Å². The molecular formula is C17H32ClN3O2. The van der Waals surface area contributed by atoms with Crippen molar-refractivity contribution in [2.45, 2.75) is 58.4 Å². The fourth-order valence-electron chi connectivity index (χ4n) is 3.35. The summed E-state index contributed by atoms with van der Waals surface area (Å²) in [5.74, 6) is 1.06. The molecule has 0 aromatic rings. The lowest BCUT2D eigenvalue weighted by molar-refractivity contribution is -0.134. The largest absolute Gasteiger partial charge is 0.351 e. The second kappa shape index (κ2) is 10.1. The van der Waals surface area contributed by atoms with Crippen molar-refractivity contribution < 1.29 is 9.59 Å². The average Bonchev–Trinajstić information content (AvgIpc) is 2.53. The van der Waals surface area contributed by atoms with E-state index in [1.807, 2.05) is 18.7 Å². The maximum Gasteiger partial charge on any atom is 0.222 e. The van der Waals surface area contributed by atoms with Crippen molar-refractivity contribution in [1.82, 2.24) is 15.5 Å². The van der Waals surface area contributed by atoms with E-state index in [0.717, 1.165) is 38.9 Å². The number of likely N-dealkylation sites (tertiary alicyclic amines) is 1. The van der Waals surface area contributed by atoms with Gasteiger partial charge in [0.1, 0.15) is 0 Å². The Balaban J connectivity index is 0.00000264. The van der Waals surface area contributed by atoms with Gasteiger partial charge in [0.15, 0.2) is 0 Å². The lowest BCUT2D eigenvalue weighted by Gasteiger charge is -2.34. The minimum absolute atomic E-state index is 0. The molecule has 0 saturated carbocycles. The Hall–Kier alpha value is -0.810. The first-order valence-electron chi connectivity index (χ1n) is 8.85. The molecule has 2 fully saturated rings. The van der Waals surface area contributed by atoms with Crippen molar-refractivity contribution in [3.63, 3.8) is 0 Å². The molecule has 1 unspecified atom stereocenters. The van der Waals surface area contributed by atoms with Crippen LogP contribution >= 0.6 is 12.4 Å². The molecule has 0 aliphatic carbocycles. The number of rotatable bonds is 5. The van der Waals surface area contributed by atoms with E-state index in [1.165, 1.54) is 12.8 Å². The number of amides is 2. The third-order valence-electron chi connectivity index (χ3n) is 4.87. The Labute approximate surface area is 146 Å². The van der Waals surface area contributed by atoms with Gasteiger partial charge in [-0.2, -0.15) is 0 Å². The summed E-state index contributed by atoms with van der Waals surface area (Å²) in [6.45, 7) is 7.51. The molecule has 6 heteroatoms. The smallest absolute Gasteiger partial charge is 0.222 e. The summed E-state index contributed by atoms with van der Waals surface area (Å²) in [7, 11) is 0.